The molecule has 0 radical (unpaired) electrons. The van der Waals surface area contributed by atoms with Crippen molar-refractivity contribution >= 4 is 12.4 Å². The molecule has 0 bridgehead atoms. The molecular weight excluding hydrogens is 160 g/mol. The van der Waals surface area contributed by atoms with Crippen LogP contribution in [0.3, 0.4) is 0 Å². The third kappa shape index (κ3) is 3.20. The summed E-state index contributed by atoms with van der Waals surface area (Å²) in [5.74, 6) is 0. The van der Waals surface area contributed by atoms with Gasteiger partial charge in [0.2, 0.25) is 0 Å². The molecule has 0 aromatic carbocycles. The van der Waals surface area contributed by atoms with Crippen LogP contribution in [0.1, 0.15) is 6.92 Å². The van der Waals surface area contributed by atoms with Crippen molar-refractivity contribution in [1.82, 2.24) is 0 Å². The Balaban J connectivity index is 2.62. The molecular formula is C11H15N2+. The molecule has 2 heteroatoms. The molecule has 1 aliphatic rings. The number of rotatable bonds is 3. The summed E-state index contributed by atoms with van der Waals surface area (Å²) >= 11 is 0. The third-order valence-corrected chi connectivity index (χ3v) is 1.75. The number of aliphatic imine (C=N–C) groups is 1. The SMILES string of the molecule is C=C(C)/C=C\C(=C)[N+]1=CC=NCC1. The van der Waals surface area contributed by atoms with Gasteiger partial charge in [-0.05, 0) is 13.5 Å². The van der Waals surface area contributed by atoms with Crippen molar-refractivity contribution < 1.29 is 4.58 Å². The summed E-state index contributed by atoms with van der Waals surface area (Å²) < 4.78 is 2.08. The van der Waals surface area contributed by atoms with Gasteiger partial charge in [-0.3, -0.25) is 4.99 Å². The van der Waals surface area contributed by atoms with Crippen molar-refractivity contribution in [3.05, 3.63) is 36.6 Å². The van der Waals surface area contributed by atoms with E-state index in [0.717, 1.165) is 24.4 Å². The summed E-state index contributed by atoms with van der Waals surface area (Å²) in [5.41, 5.74) is 2.01. The first kappa shape index (κ1) is 9.65. The summed E-state index contributed by atoms with van der Waals surface area (Å²) in [6.07, 6.45) is 7.68. The highest BCUT2D eigenvalue weighted by Crippen LogP contribution is 2.00. The van der Waals surface area contributed by atoms with E-state index < -0.39 is 0 Å². The van der Waals surface area contributed by atoms with Gasteiger partial charge in [0.1, 0.15) is 0 Å². The van der Waals surface area contributed by atoms with Crippen molar-refractivity contribution in [2.75, 3.05) is 13.1 Å². The molecule has 0 atom stereocenters. The highest BCUT2D eigenvalue weighted by atomic mass is 15.0. The molecule has 1 aliphatic heterocycles. The van der Waals surface area contributed by atoms with Gasteiger partial charge in [-0.1, -0.05) is 18.2 Å². The largest absolute Gasteiger partial charge is 0.280 e. The van der Waals surface area contributed by atoms with Crippen LogP contribution < -0.4 is 0 Å². The van der Waals surface area contributed by atoms with Gasteiger partial charge >= 0.3 is 0 Å². The first-order valence-electron chi connectivity index (χ1n) is 4.32. The molecule has 0 aliphatic carbocycles. The maximum atomic E-state index is 4.10. The van der Waals surface area contributed by atoms with E-state index in [0.29, 0.717) is 0 Å². The summed E-state index contributed by atoms with van der Waals surface area (Å²) in [7, 11) is 0. The van der Waals surface area contributed by atoms with Crippen molar-refractivity contribution in [3.63, 3.8) is 0 Å². The second-order valence-corrected chi connectivity index (χ2v) is 3.07. The van der Waals surface area contributed by atoms with Gasteiger partial charge in [-0.25, -0.2) is 0 Å². The highest BCUT2D eigenvalue weighted by molar-refractivity contribution is 6.13. The lowest BCUT2D eigenvalue weighted by molar-refractivity contribution is -0.463. The van der Waals surface area contributed by atoms with E-state index in [1.54, 1.807) is 0 Å². The van der Waals surface area contributed by atoms with E-state index in [1.807, 2.05) is 31.5 Å². The van der Waals surface area contributed by atoms with E-state index in [4.69, 9.17) is 0 Å². The molecule has 0 saturated carbocycles. The molecule has 2 nitrogen and oxygen atoms in total. The minimum atomic E-state index is 0.844. The minimum Gasteiger partial charge on any atom is -0.280 e. The van der Waals surface area contributed by atoms with Gasteiger partial charge in [-0.15, -0.1) is 0 Å². The predicted octanol–water partition coefficient (Wildman–Crippen LogP) is 1.80. The second kappa shape index (κ2) is 4.55. The fourth-order valence-electron chi connectivity index (χ4n) is 1.02. The minimum absolute atomic E-state index is 0.844. The highest BCUT2D eigenvalue weighted by Gasteiger charge is 2.08. The number of nitrogens with zero attached hydrogens (tertiary/aromatic N) is 2. The van der Waals surface area contributed by atoms with Crippen LogP contribution in [0.2, 0.25) is 0 Å². The van der Waals surface area contributed by atoms with Gasteiger partial charge in [-0.2, -0.15) is 4.58 Å². The van der Waals surface area contributed by atoms with Crippen molar-refractivity contribution in [3.8, 4) is 0 Å². The fourth-order valence-corrected chi connectivity index (χ4v) is 1.02. The summed E-state index contributed by atoms with van der Waals surface area (Å²) in [6, 6.07) is 0. The maximum absolute atomic E-state index is 4.10. The third-order valence-electron chi connectivity index (χ3n) is 1.75. The average Bonchev–Trinajstić information content (AvgIpc) is 2.15. The molecule has 0 unspecified atom stereocenters. The summed E-state index contributed by atoms with van der Waals surface area (Å²) in [5, 5.41) is 0. The van der Waals surface area contributed by atoms with Crippen molar-refractivity contribution in [2.24, 2.45) is 4.99 Å². The Labute approximate surface area is 79.3 Å². The zero-order chi connectivity index (χ0) is 9.68. The molecule has 0 amide bonds. The first-order valence-corrected chi connectivity index (χ1v) is 4.32. The Kier molecular flexibility index (Phi) is 3.38. The molecule has 0 aromatic rings. The Bertz CT molecular complexity index is 306. The normalized spacial score (nSPS) is 15.9. The molecule has 68 valence electrons. The zero-order valence-corrected chi connectivity index (χ0v) is 8.03. The molecule has 1 rings (SSSR count). The van der Waals surface area contributed by atoms with E-state index in [9.17, 15) is 0 Å². The van der Waals surface area contributed by atoms with Crippen LogP contribution >= 0.6 is 0 Å². The van der Waals surface area contributed by atoms with Crippen LogP contribution in [-0.4, -0.2) is 30.1 Å². The first-order chi connectivity index (χ1) is 6.20. The summed E-state index contributed by atoms with van der Waals surface area (Å²) in [6.45, 7) is 11.5. The van der Waals surface area contributed by atoms with Crippen LogP contribution in [-0.2, 0) is 0 Å². The molecule has 0 aromatic heterocycles. The monoisotopic (exact) mass is 175 g/mol. The number of allylic oxidation sites excluding steroid dienone is 3. The van der Waals surface area contributed by atoms with Crippen LogP contribution in [0.4, 0.5) is 0 Å². The summed E-state index contributed by atoms with van der Waals surface area (Å²) in [4.78, 5) is 4.10. The number of hydrogen-bond acceptors (Lipinski definition) is 1. The molecule has 0 N–H and O–H groups in total. The van der Waals surface area contributed by atoms with Crippen LogP contribution in [0.15, 0.2) is 41.6 Å². The molecule has 13 heavy (non-hydrogen) atoms. The van der Waals surface area contributed by atoms with Crippen molar-refractivity contribution in [1.29, 1.82) is 0 Å². The quantitative estimate of drug-likeness (QED) is 0.459. The van der Waals surface area contributed by atoms with Gasteiger partial charge in [0.25, 0.3) is 0 Å². The standard InChI is InChI=1S/C11H15N2/c1-10(2)4-5-11(3)13-8-6-12-7-9-13/h4-6,8H,1,3,7,9H2,2H3/q+1/b5-4-. The molecule has 0 fully saturated rings. The second-order valence-electron chi connectivity index (χ2n) is 3.07. The van der Waals surface area contributed by atoms with Crippen LogP contribution in [0.25, 0.3) is 0 Å². The van der Waals surface area contributed by atoms with Gasteiger partial charge in [0, 0.05) is 6.08 Å². The van der Waals surface area contributed by atoms with Crippen LogP contribution in [0.5, 0.6) is 0 Å². The molecule has 1 heterocycles. The predicted molar refractivity (Wildman–Crippen MR) is 57.6 cm³/mol. The lowest BCUT2D eigenvalue weighted by Crippen LogP contribution is -2.19. The van der Waals surface area contributed by atoms with Crippen LogP contribution in [0, 0.1) is 0 Å². The van der Waals surface area contributed by atoms with E-state index in [-0.39, 0.29) is 0 Å². The maximum Gasteiger partial charge on any atom is 0.198 e. The molecule has 0 saturated heterocycles. The topological polar surface area (TPSA) is 15.4 Å². The van der Waals surface area contributed by atoms with E-state index in [2.05, 4.69) is 22.7 Å². The van der Waals surface area contributed by atoms with E-state index in [1.165, 1.54) is 0 Å². The smallest absolute Gasteiger partial charge is 0.198 e. The van der Waals surface area contributed by atoms with Gasteiger partial charge < -0.3 is 0 Å². The lowest BCUT2D eigenvalue weighted by atomic mass is 10.3. The Morgan fingerprint density at radius 1 is 1.46 bits per heavy atom. The van der Waals surface area contributed by atoms with Crippen molar-refractivity contribution in [2.45, 2.75) is 6.92 Å². The Morgan fingerprint density at radius 2 is 2.23 bits per heavy atom. The fraction of sp³-hybridized carbons (Fsp3) is 0.273. The number of hydrogen-bond donors (Lipinski definition) is 0. The Morgan fingerprint density at radius 3 is 2.77 bits per heavy atom. The lowest BCUT2D eigenvalue weighted by Gasteiger charge is -2.02. The molecule has 0 spiro atoms. The Hall–Kier alpha value is -1.44. The zero-order valence-electron chi connectivity index (χ0n) is 8.03. The van der Waals surface area contributed by atoms with Gasteiger partial charge in [0.15, 0.2) is 18.5 Å². The van der Waals surface area contributed by atoms with E-state index >= 15 is 0 Å². The average molecular weight is 175 g/mol. The van der Waals surface area contributed by atoms with Gasteiger partial charge in [0.05, 0.1) is 12.8 Å².